The quantitative estimate of drug-likeness (QED) is 0.677. The number of fused-ring (bicyclic) bond motifs is 1. The van der Waals surface area contributed by atoms with Crippen LogP contribution in [0, 0.1) is 0 Å². The fraction of sp³-hybridized carbons (Fsp3) is 0.111. The number of hydrogen-bond donors (Lipinski definition) is 1. The van der Waals surface area contributed by atoms with E-state index in [1.54, 1.807) is 0 Å². The molecule has 0 aliphatic rings. The average Bonchev–Trinajstić information content (AvgIpc) is 2.51. The summed E-state index contributed by atoms with van der Waals surface area (Å²) < 4.78 is 0. The number of H-pyrrole nitrogens is 1. The Morgan fingerprint density at radius 3 is 3.00 bits per heavy atom. The Balaban J connectivity index is 2.52. The van der Waals surface area contributed by atoms with Crippen molar-refractivity contribution in [1.29, 1.82) is 0 Å². The fourth-order valence-electron chi connectivity index (χ4n) is 1.18. The molecule has 1 heterocycles. The molecule has 0 radical (unpaired) electrons. The van der Waals surface area contributed by atoms with Crippen LogP contribution in [0.1, 0.15) is 5.56 Å². The van der Waals surface area contributed by atoms with Gasteiger partial charge in [0, 0.05) is 0 Å². The number of aromatic amines is 1. The largest absolute Gasteiger partial charge is 0.197 e. The first kappa shape index (κ1) is 7.03. The normalized spacial score (nSPS) is 10.3. The Bertz CT molecular complexity index is 403. The van der Waals surface area contributed by atoms with Crippen LogP contribution in [0.5, 0.6) is 0 Å². The van der Waals surface area contributed by atoms with E-state index >= 15 is 0 Å². The zero-order valence-corrected chi connectivity index (χ0v) is 6.62. The number of rotatable bonds is 2. The van der Waals surface area contributed by atoms with Crippen molar-refractivity contribution in [1.82, 2.24) is 15.4 Å². The number of nitrogens with zero attached hydrogens (tertiary/aromatic N) is 2. The summed E-state index contributed by atoms with van der Waals surface area (Å²) in [5.74, 6) is 0. The second-order valence-electron chi connectivity index (χ2n) is 2.64. The third-order valence-electron chi connectivity index (χ3n) is 1.76. The summed E-state index contributed by atoms with van der Waals surface area (Å²) >= 11 is 0. The van der Waals surface area contributed by atoms with Crippen LogP contribution in [0.4, 0.5) is 0 Å². The second-order valence-corrected chi connectivity index (χ2v) is 2.64. The van der Waals surface area contributed by atoms with Gasteiger partial charge in [0.2, 0.25) is 0 Å². The molecule has 0 aliphatic carbocycles. The zero-order valence-electron chi connectivity index (χ0n) is 6.62. The van der Waals surface area contributed by atoms with Gasteiger partial charge in [0.15, 0.2) is 0 Å². The van der Waals surface area contributed by atoms with Gasteiger partial charge in [-0.15, -0.1) is 6.58 Å². The minimum absolute atomic E-state index is 0.878. The highest BCUT2D eigenvalue weighted by atomic mass is 15.3. The van der Waals surface area contributed by atoms with E-state index in [1.165, 1.54) is 5.56 Å². The number of hydrogen-bond acceptors (Lipinski definition) is 2. The van der Waals surface area contributed by atoms with Crippen LogP contribution in [0.15, 0.2) is 30.9 Å². The molecule has 0 fully saturated rings. The molecule has 2 aromatic rings. The number of allylic oxidation sites excluding steroid dienone is 1. The van der Waals surface area contributed by atoms with Crippen molar-refractivity contribution in [2.75, 3.05) is 0 Å². The molecule has 0 aliphatic heterocycles. The molecule has 0 atom stereocenters. The van der Waals surface area contributed by atoms with Gasteiger partial charge in [-0.3, -0.25) is 0 Å². The van der Waals surface area contributed by atoms with Gasteiger partial charge < -0.3 is 0 Å². The first-order valence-electron chi connectivity index (χ1n) is 3.80. The van der Waals surface area contributed by atoms with Crippen molar-refractivity contribution < 1.29 is 0 Å². The van der Waals surface area contributed by atoms with Crippen LogP contribution in [-0.2, 0) is 6.42 Å². The number of aromatic nitrogens is 3. The van der Waals surface area contributed by atoms with Crippen LogP contribution in [0.2, 0.25) is 0 Å². The highest BCUT2D eigenvalue weighted by molar-refractivity contribution is 5.74. The zero-order chi connectivity index (χ0) is 8.39. The van der Waals surface area contributed by atoms with Gasteiger partial charge in [-0.1, -0.05) is 12.1 Å². The minimum atomic E-state index is 0.878. The van der Waals surface area contributed by atoms with Gasteiger partial charge in [0.1, 0.15) is 11.0 Å². The number of nitrogens with one attached hydrogen (secondary N) is 1. The van der Waals surface area contributed by atoms with Crippen LogP contribution in [-0.4, -0.2) is 15.4 Å². The topological polar surface area (TPSA) is 41.6 Å². The maximum Gasteiger partial charge on any atom is 0.113 e. The third-order valence-corrected chi connectivity index (χ3v) is 1.76. The summed E-state index contributed by atoms with van der Waals surface area (Å²) in [5, 5.41) is 10.5. The van der Waals surface area contributed by atoms with Crippen LogP contribution < -0.4 is 0 Å². The summed E-state index contributed by atoms with van der Waals surface area (Å²) in [6.45, 7) is 3.68. The van der Waals surface area contributed by atoms with E-state index < -0.39 is 0 Å². The molecule has 1 aromatic heterocycles. The van der Waals surface area contributed by atoms with Crippen LogP contribution in [0.3, 0.4) is 0 Å². The molecule has 60 valence electrons. The molecule has 0 unspecified atom stereocenters. The highest BCUT2D eigenvalue weighted by Crippen LogP contribution is 2.10. The monoisotopic (exact) mass is 159 g/mol. The van der Waals surface area contributed by atoms with Crippen molar-refractivity contribution in [3.8, 4) is 0 Å². The van der Waals surface area contributed by atoms with E-state index in [4.69, 9.17) is 0 Å². The van der Waals surface area contributed by atoms with Gasteiger partial charge >= 0.3 is 0 Å². The summed E-state index contributed by atoms with van der Waals surface area (Å²) in [6.07, 6.45) is 2.75. The Kier molecular flexibility index (Phi) is 1.63. The molecule has 0 saturated carbocycles. The Labute approximate surface area is 70.1 Å². The van der Waals surface area contributed by atoms with E-state index in [0.717, 1.165) is 17.5 Å². The highest BCUT2D eigenvalue weighted by Gasteiger charge is 1.97. The van der Waals surface area contributed by atoms with Crippen LogP contribution in [0.25, 0.3) is 11.0 Å². The lowest BCUT2D eigenvalue weighted by molar-refractivity contribution is 0.959. The smallest absolute Gasteiger partial charge is 0.113 e. The predicted octanol–water partition coefficient (Wildman–Crippen LogP) is 1.69. The molecular weight excluding hydrogens is 150 g/mol. The standard InChI is InChI=1S/C9H9N3/c1-2-3-7-4-5-8-9(6-7)11-12-10-8/h2,4-6H,1,3H2,(H,10,11,12). The molecule has 1 N–H and O–H groups in total. The molecule has 0 saturated heterocycles. The molecule has 3 nitrogen and oxygen atoms in total. The minimum Gasteiger partial charge on any atom is -0.197 e. The lowest BCUT2D eigenvalue weighted by atomic mass is 10.1. The van der Waals surface area contributed by atoms with Gasteiger partial charge in [-0.05, 0) is 24.1 Å². The molecule has 3 heteroatoms. The van der Waals surface area contributed by atoms with Gasteiger partial charge in [0.25, 0.3) is 0 Å². The van der Waals surface area contributed by atoms with Crippen molar-refractivity contribution in [3.05, 3.63) is 36.4 Å². The van der Waals surface area contributed by atoms with Gasteiger partial charge in [-0.25, -0.2) is 0 Å². The summed E-state index contributed by atoms with van der Waals surface area (Å²) in [6, 6.07) is 6.00. The second kappa shape index (κ2) is 2.77. The molecule has 1 aromatic carbocycles. The SMILES string of the molecule is C=CCc1ccc2n[nH]nc2c1. The summed E-state index contributed by atoms with van der Waals surface area (Å²) in [4.78, 5) is 0. The Morgan fingerprint density at radius 1 is 1.33 bits per heavy atom. The number of benzene rings is 1. The van der Waals surface area contributed by atoms with E-state index in [1.807, 2.05) is 24.3 Å². The molecule has 0 bridgehead atoms. The first-order valence-corrected chi connectivity index (χ1v) is 3.80. The molecular formula is C9H9N3. The summed E-state index contributed by atoms with van der Waals surface area (Å²) in [7, 11) is 0. The maximum atomic E-state index is 3.99. The van der Waals surface area contributed by atoms with Crippen molar-refractivity contribution >= 4 is 11.0 Å². The molecule has 0 spiro atoms. The third kappa shape index (κ3) is 1.09. The van der Waals surface area contributed by atoms with Gasteiger partial charge in [0.05, 0.1) is 0 Å². The Morgan fingerprint density at radius 2 is 2.17 bits per heavy atom. The lowest BCUT2D eigenvalue weighted by Gasteiger charge is -1.93. The van der Waals surface area contributed by atoms with Crippen LogP contribution >= 0.6 is 0 Å². The van der Waals surface area contributed by atoms with E-state index in [9.17, 15) is 0 Å². The van der Waals surface area contributed by atoms with Crippen molar-refractivity contribution in [2.24, 2.45) is 0 Å². The predicted molar refractivity (Wildman–Crippen MR) is 47.8 cm³/mol. The van der Waals surface area contributed by atoms with E-state index in [2.05, 4.69) is 22.0 Å². The summed E-state index contributed by atoms with van der Waals surface area (Å²) in [5.41, 5.74) is 3.03. The maximum absolute atomic E-state index is 3.99. The molecule has 12 heavy (non-hydrogen) atoms. The lowest BCUT2D eigenvalue weighted by Crippen LogP contribution is -1.79. The molecule has 2 rings (SSSR count). The van der Waals surface area contributed by atoms with Crippen molar-refractivity contribution in [2.45, 2.75) is 6.42 Å². The molecule has 0 amide bonds. The Hall–Kier alpha value is -1.64. The average molecular weight is 159 g/mol. The fourth-order valence-corrected chi connectivity index (χ4v) is 1.18. The van der Waals surface area contributed by atoms with Crippen molar-refractivity contribution in [3.63, 3.8) is 0 Å². The van der Waals surface area contributed by atoms with Gasteiger partial charge in [-0.2, -0.15) is 15.4 Å². The van der Waals surface area contributed by atoms with E-state index in [-0.39, 0.29) is 0 Å². The van der Waals surface area contributed by atoms with E-state index in [0.29, 0.717) is 0 Å². The first-order chi connectivity index (χ1) is 5.90.